The van der Waals surface area contributed by atoms with E-state index in [1.807, 2.05) is 31.2 Å². The number of para-hydroxylation sites is 1. The summed E-state index contributed by atoms with van der Waals surface area (Å²) in [6.07, 6.45) is 1.93. The normalized spacial score (nSPS) is 13.7. The molecule has 0 radical (unpaired) electrons. The number of methoxy groups -OCH3 is 1. The molecule has 0 aliphatic carbocycles. The molecule has 108 valence electrons. The predicted molar refractivity (Wildman–Crippen MR) is 82.0 cm³/mol. The molecule has 0 bridgehead atoms. The van der Waals surface area contributed by atoms with Crippen LogP contribution >= 0.6 is 0 Å². The number of hydrogen-bond donors (Lipinski definition) is 0. The Kier molecular flexibility index (Phi) is 3.60. The molecule has 0 N–H and O–H groups in total. The number of hydrogen-bond acceptors (Lipinski definition) is 3. The van der Waals surface area contributed by atoms with Gasteiger partial charge in [-0.1, -0.05) is 18.2 Å². The van der Waals surface area contributed by atoms with Gasteiger partial charge in [0.25, 0.3) is 5.91 Å². The number of nitrogens with zero attached hydrogens (tertiary/aromatic N) is 2. The second-order valence-corrected chi connectivity index (χ2v) is 5.19. The Hall–Kier alpha value is -2.36. The quantitative estimate of drug-likeness (QED) is 0.850. The third-order valence-corrected chi connectivity index (χ3v) is 3.75. The Morgan fingerprint density at radius 3 is 2.81 bits per heavy atom. The van der Waals surface area contributed by atoms with E-state index in [9.17, 15) is 4.79 Å². The SMILES string of the molecule is COc1cccc2c1N(C(=O)c1cccc(C)n1)CCC2. The Labute approximate surface area is 124 Å². The summed E-state index contributed by atoms with van der Waals surface area (Å²) in [6.45, 7) is 2.59. The van der Waals surface area contributed by atoms with Crippen molar-refractivity contribution >= 4 is 11.6 Å². The lowest BCUT2D eigenvalue weighted by Crippen LogP contribution is -2.36. The number of aryl methyl sites for hydroxylation is 2. The summed E-state index contributed by atoms with van der Waals surface area (Å²) in [6, 6.07) is 11.4. The van der Waals surface area contributed by atoms with E-state index < -0.39 is 0 Å². The highest BCUT2D eigenvalue weighted by molar-refractivity contribution is 6.06. The molecule has 21 heavy (non-hydrogen) atoms. The summed E-state index contributed by atoms with van der Waals surface area (Å²) < 4.78 is 5.44. The fourth-order valence-electron chi connectivity index (χ4n) is 2.78. The van der Waals surface area contributed by atoms with Crippen LogP contribution in [-0.4, -0.2) is 24.5 Å². The minimum atomic E-state index is -0.0656. The second-order valence-electron chi connectivity index (χ2n) is 5.19. The number of benzene rings is 1. The van der Waals surface area contributed by atoms with Crippen molar-refractivity contribution in [2.75, 3.05) is 18.6 Å². The van der Waals surface area contributed by atoms with Gasteiger partial charge in [-0.05, 0) is 43.5 Å². The summed E-state index contributed by atoms with van der Waals surface area (Å²) in [7, 11) is 1.64. The van der Waals surface area contributed by atoms with Crippen molar-refractivity contribution in [3.63, 3.8) is 0 Å². The van der Waals surface area contributed by atoms with E-state index in [0.29, 0.717) is 12.2 Å². The maximum absolute atomic E-state index is 12.8. The zero-order valence-electron chi connectivity index (χ0n) is 12.3. The van der Waals surface area contributed by atoms with Gasteiger partial charge in [-0.25, -0.2) is 4.98 Å². The van der Waals surface area contributed by atoms with Gasteiger partial charge in [0.1, 0.15) is 11.4 Å². The Morgan fingerprint density at radius 1 is 1.24 bits per heavy atom. The van der Waals surface area contributed by atoms with Crippen molar-refractivity contribution in [2.45, 2.75) is 19.8 Å². The van der Waals surface area contributed by atoms with Crippen molar-refractivity contribution in [1.82, 2.24) is 4.98 Å². The van der Waals surface area contributed by atoms with E-state index in [2.05, 4.69) is 11.1 Å². The molecular formula is C17H18N2O2. The van der Waals surface area contributed by atoms with Crippen LogP contribution in [0.2, 0.25) is 0 Å². The molecule has 0 saturated carbocycles. The number of ether oxygens (including phenoxy) is 1. The molecule has 1 aromatic carbocycles. The molecule has 1 amide bonds. The molecule has 1 aliphatic heterocycles. The minimum Gasteiger partial charge on any atom is -0.495 e. The van der Waals surface area contributed by atoms with Gasteiger partial charge in [-0.3, -0.25) is 4.79 Å². The van der Waals surface area contributed by atoms with Gasteiger partial charge in [-0.2, -0.15) is 0 Å². The number of anilines is 1. The molecule has 3 rings (SSSR count). The molecule has 0 spiro atoms. The van der Waals surface area contributed by atoms with Crippen molar-refractivity contribution in [3.05, 3.63) is 53.3 Å². The zero-order valence-corrected chi connectivity index (χ0v) is 12.3. The molecular weight excluding hydrogens is 264 g/mol. The van der Waals surface area contributed by atoms with E-state index in [4.69, 9.17) is 4.74 Å². The molecule has 0 atom stereocenters. The summed E-state index contributed by atoms with van der Waals surface area (Å²) in [5.74, 6) is 0.678. The second kappa shape index (κ2) is 5.56. The highest BCUT2D eigenvalue weighted by atomic mass is 16.5. The maximum Gasteiger partial charge on any atom is 0.276 e. The van der Waals surface area contributed by atoms with E-state index in [1.54, 1.807) is 18.1 Å². The fourth-order valence-corrected chi connectivity index (χ4v) is 2.78. The van der Waals surface area contributed by atoms with E-state index in [0.717, 1.165) is 35.5 Å². The number of aromatic nitrogens is 1. The molecule has 0 unspecified atom stereocenters. The van der Waals surface area contributed by atoms with Gasteiger partial charge in [0.15, 0.2) is 0 Å². The lowest BCUT2D eigenvalue weighted by Gasteiger charge is -2.30. The van der Waals surface area contributed by atoms with Crippen molar-refractivity contribution in [3.8, 4) is 5.75 Å². The lowest BCUT2D eigenvalue weighted by molar-refractivity contribution is 0.0979. The Bertz CT molecular complexity index is 668. The number of rotatable bonds is 2. The van der Waals surface area contributed by atoms with Crippen LogP contribution in [0.3, 0.4) is 0 Å². The van der Waals surface area contributed by atoms with Gasteiger partial charge in [0.2, 0.25) is 0 Å². The maximum atomic E-state index is 12.8. The summed E-state index contributed by atoms with van der Waals surface area (Å²) >= 11 is 0. The first-order chi connectivity index (χ1) is 10.2. The van der Waals surface area contributed by atoms with Crippen LogP contribution in [0.4, 0.5) is 5.69 Å². The first-order valence-electron chi connectivity index (χ1n) is 7.12. The molecule has 1 aromatic heterocycles. The van der Waals surface area contributed by atoms with Crippen LogP contribution in [0.25, 0.3) is 0 Å². The summed E-state index contributed by atoms with van der Waals surface area (Å²) in [5, 5.41) is 0. The van der Waals surface area contributed by atoms with Gasteiger partial charge >= 0.3 is 0 Å². The van der Waals surface area contributed by atoms with Crippen LogP contribution < -0.4 is 9.64 Å². The Morgan fingerprint density at radius 2 is 2.05 bits per heavy atom. The molecule has 0 fully saturated rings. The van der Waals surface area contributed by atoms with Crippen LogP contribution in [0.5, 0.6) is 5.75 Å². The van der Waals surface area contributed by atoms with Crippen LogP contribution in [-0.2, 0) is 6.42 Å². The standard InChI is InChI=1S/C17H18N2O2/c1-12-6-3-9-14(18-12)17(20)19-11-5-8-13-7-4-10-15(21-2)16(13)19/h3-4,6-7,9-10H,5,8,11H2,1-2H3. The Balaban J connectivity index is 2.04. The number of carbonyl (C=O) groups is 1. The minimum absolute atomic E-state index is 0.0656. The smallest absolute Gasteiger partial charge is 0.276 e. The molecule has 2 aromatic rings. The average molecular weight is 282 g/mol. The molecule has 1 aliphatic rings. The van der Waals surface area contributed by atoms with E-state index in [1.165, 1.54) is 0 Å². The van der Waals surface area contributed by atoms with E-state index >= 15 is 0 Å². The van der Waals surface area contributed by atoms with Gasteiger partial charge in [-0.15, -0.1) is 0 Å². The van der Waals surface area contributed by atoms with Crippen molar-refractivity contribution < 1.29 is 9.53 Å². The highest BCUT2D eigenvalue weighted by Crippen LogP contribution is 2.36. The largest absolute Gasteiger partial charge is 0.495 e. The molecule has 4 heteroatoms. The third-order valence-electron chi connectivity index (χ3n) is 3.75. The van der Waals surface area contributed by atoms with E-state index in [-0.39, 0.29) is 5.91 Å². The summed E-state index contributed by atoms with van der Waals surface area (Å²) in [4.78, 5) is 18.9. The average Bonchev–Trinajstić information content (AvgIpc) is 2.53. The number of pyridine rings is 1. The van der Waals surface area contributed by atoms with Crippen LogP contribution in [0.1, 0.15) is 28.2 Å². The zero-order chi connectivity index (χ0) is 14.8. The predicted octanol–water partition coefficient (Wildman–Crippen LogP) is 2.99. The first-order valence-corrected chi connectivity index (χ1v) is 7.12. The van der Waals surface area contributed by atoms with Crippen LogP contribution in [0, 0.1) is 6.92 Å². The number of amides is 1. The summed E-state index contributed by atoms with van der Waals surface area (Å²) in [5.41, 5.74) is 3.37. The van der Waals surface area contributed by atoms with Gasteiger partial charge in [0, 0.05) is 12.2 Å². The first kappa shape index (κ1) is 13.6. The van der Waals surface area contributed by atoms with Gasteiger partial charge in [0.05, 0.1) is 12.8 Å². The molecule has 4 nitrogen and oxygen atoms in total. The number of fused-ring (bicyclic) bond motifs is 1. The fraction of sp³-hybridized carbons (Fsp3) is 0.294. The lowest BCUT2D eigenvalue weighted by atomic mass is 10.0. The van der Waals surface area contributed by atoms with Gasteiger partial charge < -0.3 is 9.64 Å². The highest BCUT2D eigenvalue weighted by Gasteiger charge is 2.27. The monoisotopic (exact) mass is 282 g/mol. The topological polar surface area (TPSA) is 42.4 Å². The van der Waals surface area contributed by atoms with Crippen molar-refractivity contribution in [2.24, 2.45) is 0 Å². The molecule has 2 heterocycles. The number of carbonyl (C=O) groups excluding carboxylic acids is 1. The van der Waals surface area contributed by atoms with Crippen molar-refractivity contribution in [1.29, 1.82) is 0 Å². The van der Waals surface area contributed by atoms with Crippen LogP contribution in [0.15, 0.2) is 36.4 Å². The molecule has 0 saturated heterocycles. The third kappa shape index (κ3) is 2.49.